The molecule has 1 rings (SSSR count). The molecule has 120 valence electrons. The molecule has 0 aliphatic rings. The molecule has 0 saturated heterocycles. The maximum Gasteiger partial charge on any atom is 0.289 e. The number of hydrogen-bond donors (Lipinski definition) is 2. The topological polar surface area (TPSA) is 84.5 Å². The summed E-state index contributed by atoms with van der Waals surface area (Å²) in [5.41, 5.74) is 0.891. The predicted molar refractivity (Wildman–Crippen MR) is 82.0 cm³/mol. The number of ether oxygens (including phenoxy) is 1. The van der Waals surface area contributed by atoms with Crippen LogP contribution < -0.4 is 10.6 Å². The number of benzene rings is 1. The minimum Gasteiger partial charge on any atom is -0.382 e. The standard InChI is InChI=1S/C16H22N2O4/c1-3-7-14(19)18-13(11-22-2)15(20)16(21)17-10-12-8-5-4-6-9-12/h4-6,8-9,13H,3,7,10-11H2,1-2H3,(H,17,21)(H,18,19)/t13-/m0/s1. The summed E-state index contributed by atoms with van der Waals surface area (Å²) >= 11 is 0. The summed E-state index contributed by atoms with van der Waals surface area (Å²) in [6.07, 6.45) is 0.971. The lowest BCUT2D eigenvalue weighted by molar-refractivity contribution is -0.141. The number of carbonyl (C=O) groups excluding carboxylic acids is 3. The largest absolute Gasteiger partial charge is 0.382 e. The minimum absolute atomic E-state index is 0.0347. The van der Waals surface area contributed by atoms with Crippen molar-refractivity contribution in [3.63, 3.8) is 0 Å². The SMILES string of the molecule is CCCC(=O)N[C@@H](COC)C(=O)C(=O)NCc1ccccc1. The maximum atomic E-state index is 12.1. The first-order chi connectivity index (χ1) is 10.6. The third-order valence-corrected chi connectivity index (χ3v) is 2.98. The van der Waals surface area contributed by atoms with Gasteiger partial charge in [0.05, 0.1) is 6.61 Å². The van der Waals surface area contributed by atoms with Crippen molar-refractivity contribution in [1.82, 2.24) is 10.6 Å². The first-order valence-electron chi connectivity index (χ1n) is 7.22. The van der Waals surface area contributed by atoms with Gasteiger partial charge >= 0.3 is 0 Å². The highest BCUT2D eigenvalue weighted by Crippen LogP contribution is 1.98. The van der Waals surface area contributed by atoms with E-state index in [4.69, 9.17) is 4.74 Å². The molecule has 0 fully saturated rings. The van der Waals surface area contributed by atoms with E-state index in [9.17, 15) is 14.4 Å². The Labute approximate surface area is 130 Å². The number of ketones is 1. The van der Waals surface area contributed by atoms with Crippen LogP contribution in [0.15, 0.2) is 30.3 Å². The van der Waals surface area contributed by atoms with Crippen LogP contribution in [0.2, 0.25) is 0 Å². The van der Waals surface area contributed by atoms with Crippen LogP contribution in [0.1, 0.15) is 25.3 Å². The molecule has 0 aromatic heterocycles. The van der Waals surface area contributed by atoms with E-state index in [1.54, 1.807) is 0 Å². The van der Waals surface area contributed by atoms with E-state index in [0.717, 1.165) is 5.56 Å². The number of nitrogens with one attached hydrogen (secondary N) is 2. The smallest absolute Gasteiger partial charge is 0.289 e. The molecule has 1 atom stereocenters. The van der Waals surface area contributed by atoms with Crippen LogP contribution in [0.4, 0.5) is 0 Å². The third kappa shape index (κ3) is 6.05. The van der Waals surface area contributed by atoms with Crippen LogP contribution in [0.25, 0.3) is 0 Å². The van der Waals surface area contributed by atoms with Gasteiger partial charge in [0, 0.05) is 20.1 Å². The van der Waals surface area contributed by atoms with Gasteiger partial charge in [-0.1, -0.05) is 37.3 Å². The summed E-state index contributed by atoms with van der Waals surface area (Å²) in [5.74, 6) is -1.71. The molecule has 0 aliphatic carbocycles. The lowest BCUT2D eigenvalue weighted by Crippen LogP contribution is -2.49. The van der Waals surface area contributed by atoms with Crippen molar-refractivity contribution in [2.45, 2.75) is 32.4 Å². The highest BCUT2D eigenvalue weighted by atomic mass is 16.5. The van der Waals surface area contributed by atoms with Gasteiger partial charge in [-0.25, -0.2) is 0 Å². The van der Waals surface area contributed by atoms with Crippen molar-refractivity contribution in [2.75, 3.05) is 13.7 Å². The van der Waals surface area contributed by atoms with Crippen molar-refractivity contribution >= 4 is 17.6 Å². The number of carbonyl (C=O) groups is 3. The van der Waals surface area contributed by atoms with Crippen LogP contribution in [0.3, 0.4) is 0 Å². The average molecular weight is 306 g/mol. The van der Waals surface area contributed by atoms with Crippen molar-refractivity contribution in [3.05, 3.63) is 35.9 Å². The van der Waals surface area contributed by atoms with Crippen LogP contribution in [-0.2, 0) is 25.7 Å². The number of methoxy groups -OCH3 is 1. The Bertz CT molecular complexity index is 502. The lowest BCUT2D eigenvalue weighted by Gasteiger charge is -2.16. The number of hydrogen-bond acceptors (Lipinski definition) is 4. The van der Waals surface area contributed by atoms with Crippen molar-refractivity contribution < 1.29 is 19.1 Å². The molecular formula is C16H22N2O4. The Morgan fingerprint density at radius 2 is 1.86 bits per heavy atom. The molecule has 0 heterocycles. The molecule has 6 nitrogen and oxygen atoms in total. The van der Waals surface area contributed by atoms with E-state index >= 15 is 0 Å². The van der Waals surface area contributed by atoms with Crippen LogP contribution in [0.5, 0.6) is 0 Å². The zero-order valence-electron chi connectivity index (χ0n) is 12.9. The first-order valence-corrected chi connectivity index (χ1v) is 7.22. The summed E-state index contributed by atoms with van der Waals surface area (Å²) in [7, 11) is 1.41. The van der Waals surface area contributed by atoms with Gasteiger partial charge in [-0.05, 0) is 12.0 Å². The van der Waals surface area contributed by atoms with Gasteiger partial charge in [-0.3, -0.25) is 14.4 Å². The van der Waals surface area contributed by atoms with Crippen molar-refractivity contribution in [1.29, 1.82) is 0 Å². The van der Waals surface area contributed by atoms with Gasteiger partial charge in [-0.2, -0.15) is 0 Å². The Morgan fingerprint density at radius 1 is 1.18 bits per heavy atom. The number of Topliss-reactive ketones (excluding diaryl/α,β-unsaturated/α-hetero) is 1. The highest BCUT2D eigenvalue weighted by Gasteiger charge is 2.26. The second kappa shape index (κ2) is 9.68. The van der Waals surface area contributed by atoms with Gasteiger partial charge in [-0.15, -0.1) is 0 Å². The highest BCUT2D eigenvalue weighted by molar-refractivity contribution is 6.38. The molecule has 2 N–H and O–H groups in total. The van der Waals surface area contributed by atoms with Gasteiger partial charge in [0.2, 0.25) is 11.7 Å². The second-order valence-electron chi connectivity index (χ2n) is 4.86. The summed E-state index contributed by atoms with van der Waals surface area (Å²) in [5, 5.41) is 5.07. The second-order valence-corrected chi connectivity index (χ2v) is 4.86. The Kier molecular flexibility index (Phi) is 7.85. The molecule has 0 spiro atoms. The van der Waals surface area contributed by atoms with E-state index in [1.807, 2.05) is 37.3 Å². The van der Waals surface area contributed by atoms with Gasteiger partial charge in [0.1, 0.15) is 6.04 Å². The van der Waals surface area contributed by atoms with Crippen LogP contribution in [0, 0.1) is 0 Å². The Balaban J connectivity index is 2.56. The molecule has 0 aliphatic heterocycles. The fourth-order valence-corrected chi connectivity index (χ4v) is 1.87. The zero-order chi connectivity index (χ0) is 16.4. The van der Waals surface area contributed by atoms with Crippen molar-refractivity contribution in [3.8, 4) is 0 Å². The van der Waals surface area contributed by atoms with Gasteiger partial charge in [0.15, 0.2) is 0 Å². The zero-order valence-corrected chi connectivity index (χ0v) is 12.9. The Morgan fingerprint density at radius 3 is 2.45 bits per heavy atom. The van der Waals surface area contributed by atoms with Crippen LogP contribution >= 0.6 is 0 Å². The molecule has 2 amide bonds. The number of rotatable bonds is 9. The summed E-state index contributed by atoms with van der Waals surface area (Å²) in [6.45, 7) is 2.08. The molecule has 22 heavy (non-hydrogen) atoms. The number of amides is 2. The average Bonchev–Trinajstić information content (AvgIpc) is 2.52. The monoisotopic (exact) mass is 306 g/mol. The molecule has 6 heteroatoms. The minimum atomic E-state index is -0.958. The molecular weight excluding hydrogens is 284 g/mol. The molecule has 1 aromatic rings. The Hall–Kier alpha value is -2.21. The fourth-order valence-electron chi connectivity index (χ4n) is 1.87. The predicted octanol–water partition coefficient (Wildman–Crippen LogP) is 0.803. The lowest BCUT2D eigenvalue weighted by atomic mass is 10.1. The molecule has 0 saturated carbocycles. The van der Waals surface area contributed by atoms with E-state index in [2.05, 4.69) is 10.6 Å². The molecule has 1 aromatic carbocycles. The fraction of sp³-hybridized carbons (Fsp3) is 0.438. The van der Waals surface area contributed by atoms with E-state index in [0.29, 0.717) is 12.8 Å². The normalized spacial score (nSPS) is 11.5. The first kappa shape index (κ1) is 17.8. The van der Waals surface area contributed by atoms with E-state index < -0.39 is 17.7 Å². The summed E-state index contributed by atoms with van der Waals surface area (Å²) in [6, 6.07) is 8.30. The summed E-state index contributed by atoms with van der Waals surface area (Å²) in [4.78, 5) is 35.6. The molecule has 0 radical (unpaired) electrons. The van der Waals surface area contributed by atoms with E-state index in [1.165, 1.54) is 7.11 Å². The van der Waals surface area contributed by atoms with Gasteiger partial charge in [0.25, 0.3) is 5.91 Å². The van der Waals surface area contributed by atoms with Crippen molar-refractivity contribution in [2.24, 2.45) is 0 Å². The maximum absolute atomic E-state index is 12.1. The van der Waals surface area contributed by atoms with Crippen LogP contribution in [-0.4, -0.2) is 37.4 Å². The van der Waals surface area contributed by atoms with E-state index in [-0.39, 0.29) is 19.1 Å². The van der Waals surface area contributed by atoms with Gasteiger partial charge < -0.3 is 15.4 Å². The molecule has 0 bridgehead atoms. The third-order valence-electron chi connectivity index (χ3n) is 2.98. The summed E-state index contributed by atoms with van der Waals surface area (Å²) < 4.78 is 4.90. The molecule has 0 unspecified atom stereocenters. The quantitative estimate of drug-likeness (QED) is 0.661.